The zero-order valence-electron chi connectivity index (χ0n) is 4.05. The van der Waals surface area contributed by atoms with Gasteiger partial charge in [0.15, 0.2) is 0 Å². The molecule has 0 aliphatic heterocycles. The van der Waals surface area contributed by atoms with Gasteiger partial charge < -0.3 is 18.2 Å². The summed E-state index contributed by atoms with van der Waals surface area (Å²) >= 11 is -5.72. The molecule has 2 N–H and O–H groups in total. The van der Waals surface area contributed by atoms with Gasteiger partial charge in [0.2, 0.25) is 0 Å². The van der Waals surface area contributed by atoms with Crippen molar-refractivity contribution in [2.24, 2.45) is 0 Å². The Kier molecular flexibility index (Phi) is 38.8. The van der Waals surface area contributed by atoms with Gasteiger partial charge in [0.1, 0.15) is 0 Å². The summed E-state index contributed by atoms with van der Waals surface area (Å²) in [5.41, 5.74) is 0. The van der Waals surface area contributed by atoms with Crippen molar-refractivity contribution in [2.75, 3.05) is 0 Å². The van der Waals surface area contributed by atoms with Gasteiger partial charge in [-0.1, -0.05) is 0 Å². The molecular weight excluding hydrogens is 207 g/mol. The van der Waals surface area contributed by atoms with Gasteiger partial charge >= 0.3 is 52.6 Å². The molecule has 0 bridgehead atoms. The minimum absolute atomic E-state index is 0. The molecule has 0 spiro atoms. The van der Waals surface area contributed by atoms with Crippen LogP contribution in [-0.4, -0.2) is 79.2 Å². The molecule has 2 unspecified atom stereocenters. The SMILES string of the molecule is O=S([O-])O.O=S([O-])O.[Mg+2].[NaH]. The van der Waals surface area contributed by atoms with Crippen molar-refractivity contribution < 1.29 is 26.6 Å². The van der Waals surface area contributed by atoms with Crippen LogP contribution in [-0.2, 0) is 22.7 Å². The van der Waals surface area contributed by atoms with Gasteiger partial charge in [-0.15, -0.1) is 0 Å². The van der Waals surface area contributed by atoms with Crippen molar-refractivity contribution in [1.82, 2.24) is 0 Å². The molecule has 0 aromatic heterocycles. The Morgan fingerprint density at radius 2 is 1.00 bits per heavy atom. The summed E-state index contributed by atoms with van der Waals surface area (Å²) in [5.74, 6) is 0. The van der Waals surface area contributed by atoms with Gasteiger partial charge in [0, 0.05) is 0 Å². The van der Waals surface area contributed by atoms with E-state index in [9.17, 15) is 0 Å². The summed E-state index contributed by atoms with van der Waals surface area (Å²) in [6, 6.07) is 0. The maximum absolute atomic E-state index is 8.56. The van der Waals surface area contributed by atoms with Crippen LogP contribution in [0.4, 0.5) is 0 Å². The van der Waals surface area contributed by atoms with Crippen molar-refractivity contribution in [1.29, 1.82) is 0 Å². The van der Waals surface area contributed by atoms with Gasteiger partial charge in [0.05, 0.1) is 22.7 Å². The predicted octanol–water partition coefficient (Wildman–Crippen LogP) is -2.35. The number of hydrogen-bond donors (Lipinski definition) is 2. The average Bonchev–Trinajstić information content (AvgIpc) is 1.25. The van der Waals surface area contributed by atoms with Crippen LogP contribution < -0.4 is 0 Å². The molecule has 0 saturated heterocycles. The van der Waals surface area contributed by atoms with Crippen LogP contribution in [0.2, 0.25) is 0 Å². The van der Waals surface area contributed by atoms with E-state index in [4.69, 9.17) is 26.6 Å². The van der Waals surface area contributed by atoms with Crippen molar-refractivity contribution in [3.05, 3.63) is 0 Å². The van der Waals surface area contributed by atoms with Gasteiger partial charge in [-0.25, -0.2) is 8.42 Å². The molecule has 10 heteroatoms. The number of rotatable bonds is 0. The zero-order valence-corrected chi connectivity index (χ0v) is 7.10. The van der Waals surface area contributed by atoms with E-state index in [1.807, 2.05) is 0 Å². The van der Waals surface area contributed by atoms with Crippen LogP contribution in [0.15, 0.2) is 0 Å². The predicted molar refractivity (Wildman–Crippen MR) is 36.0 cm³/mol. The molecule has 0 aromatic carbocycles. The molecule has 54 valence electrons. The maximum atomic E-state index is 8.56. The fraction of sp³-hybridized carbons (Fsp3) is 0. The summed E-state index contributed by atoms with van der Waals surface area (Å²) in [4.78, 5) is 0. The van der Waals surface area contributed by atoms with Crippen molar-refractivity contribution >= 4 is 75.3 Å². The van der Waals surface area contributed by atoms with E-state index in [2.05, 4.69) is 0 Å². The Hall–Kier alpha value is 1.91. The van der Waals surface area contributed by atoms with Gasteiger partial charge in [-0.2, -0.15) is 0 Å². The van der Waals surface area contributed by atoms with Crippen LogP contribution >= 0.6 is 0 Å². The van der Waals surface area contributed by atoms with Gasteiger partial charge in [-0.05, 0) is 0 Å². The first kappa shape index (κ1) is 22.7. The second-order valence-electron chi connectivity index (χ2n) is 0.434. The van der Waals surface area contributed by atoms with Crippen LogP contribution in [0.25, 0.3) is 0 Å². The molecule has 0 rings (SSSR count). The first-order valence-electron chi connectivity index (χ1n) is 1.03. The topological polar surface area (TPSA) is 121 Å². The third-order valence-corrected chi connectivity index (χ3v) is 0. The van der Waals surface area contributed by atoms with Crippen LogP contribution in [0.3, 0.4) is 0 Å². The fourth-order valence-electron chi connectivity index (χ4n) is 0. The van der Waals surface area contributed by atoms with E-state index in [-0.39, 0.29) is 52.6 Å². The molecule has 2 atom stereocenters. The third kappa shape index (κ3) is 216. The van der Waals surface area contributed by atoms with Crippen LogP contribution in [0.1, 0.15) is 0 Å². The third-order valence-electron chi connectivity index (χ3n) is 0. The van der Waals surface area contributed by atoms with Gasteiger partial charge in [-0.3, -0.25) is 0 Å². The first-order chi connectivity index (χ1) is 3.46. The van der Waals surface area contributed by atoms with E-state index in [0.717, 1.165) is 0 Å². The quantitative estimate of drug-likeness (QED) is 0.341. The molecular formula is H3MgNaO6S2. The molecule has 0 amide bonds. The summed E-state index contributed by atoms with van der Waals surface area (Å²) in [7, 11) is 0. The summed E-state index contributed by atoms with van der Waals surface area (Å²) in [6.07, 6.45) is 0. The number of hydrogen-bond acceptors (Lipinski definition) is 4. The Morgan fingerprint density at radius 3 is 1.00 bits per heavy atom. The Labute approximate surface area is 101 Å². The molecule has 0 radical (unpaired) electrons. The van der Waals surface area contributed by atoms with Crippen molar-refractivity contribution in [2.45, 2.75) is 0 Å². The molecule has 0 aliphatic carbocycles. The molecule has 10 heavy (non-hydrogen) atoms. The summed E-state index contributed by atoms with van der Waals surface area (Å²) in [6.45, 7) is 0. The molecule has 6 nitrogen and oxygen atoms in total. The van der Waals surface area contributed by atoms with Crippen LogP contribution in [0, 0.1) is 0 Å². The Morgan fingerprint density at radius 1 is 1.00 bits per heavy atom. The summed E-state index contributed by atoms with van der Waals surface area (Å²) in [5, 5.41) is 0. The summed E-state index contributed by atoms with van der Waals surface area (Å²) < 4.78 is 48.2. The molecule has 0 heterocycles. The molecule has 0 saturated carbocycles. The fourth-order valence-corrected chi connectivity index (χ4v) is 0. The Bertz CT molecular complexity index is 73.7. The van der Waals surface area contributed by atoms with E-state index < -0.39 is 22.7 Å². The average molecular weight is 210 g/mol. The normalized spacial score (nSPS) is 12.4. The monoisotopic (exact) mass is 210 g/mol. The second kappa shape index (κ2) is 17.1. The van der Waals surface area contributed by atoms with E-state index >= 15 is 0 Å². The second-order valence-corrected chi connectivity index (χ2v) is 1.30. The van der Waals surface area contributed by atoms with E-state index in [1.165, 1.54) is 0 Å². The zero-order chi connectivity index (χ0) is 7.15. The first-order valence-corrected chi connectivity index (χ1v) is 3.10. The molecule has 0 aromatic rings. The molecule has 0 fully saturated rings. The van der Waals surface area contributed by atoms with E-state index in [0.29, 0.717) is 0 Å². The van der Waals surface area contributed by atoms with Crippen LogP contribution in [0.5, 0.6) is 0 Å². The van der Waals surface area contributed by atoms with E-state index in [1.54, 1.807) is 0 Å². The van der Waals surface area contributed by atoms with Gasteiger partial charge in [0.25, 0.3) is 0 Å². The molecule has 0 aliphatic rings. The van der Waals surface area contributed by atoms with Crippen molar-refractivity contribution in [3.63, 3.8) is 0 Å². The van der Waals surface area contributed by atoms with Crippen molar-refractivity contribution in [3.8, 4) is 0 Å². The Balaban J connectivity index is -0.0000000300. The standard InChI is InChI=1S/Mg.Na.2H2O3S.H/c;;2*1-4(2)3;/h;;2*(H2,1,2,3);/q+2;;;;/p-2. The minimum atomic E-state index is -2.86.